The minimum absolute atomic E-state index is 0.240. The summed E-state index contributed by atoms with van der Waals surface area (Å²) < 4.78 is 0. The van der Waals surface area contributed by atoms with Crippen molar-refractivity contribution in [1.29, 1.82) is 0 Å². The van der Waals surface area contributed by atoms with Crippen LogP contribution in [0.3, 0.4) is 0 Å². The molecule has 0 aliphatic carbocycles. The highest BCUT2D eigenvalue weighted by molar-refractivity contribution is 6.28. The third-order valence-corrected chi connectivity index (χ3v) is 4.67. The molecule has 1 fully saturated rings. The van der Waals surface area contributed by atoms with Crippen LogP contribution in [0.5, 0.6) is 0 Å². The molecule has 1 N–H and O–H groups in total. The molecular weight excluding hydrogens is 288 g/mol. The Morgan fingerprint density at radius 2 is 1.78 bits per heavy atom. The quantitative estimate of drug-likeness (QED) is 0.880. The third kappa shape index (κ3) is 2.02. The monoisotopic (exact) mass is 306 g/mol. The van der Waals surface area contributed by atoms with Crippen molar-refractivity contribution in [3.63, 3.8) is 0 Å². The third-order valence-electron chi connectivity index (χ3n) is 4.67. The van der Waals surface area contributed by atoms with Crippen LogP contribution in [0.2, 0.25) is 0 Å². The molecule has 0 amide bonds. The smallest absolute Gasteiger partial charge is 0.204 e. The van der Waals surface area contributed by atoms with Crippen LogP contribution in [0.25, 0.3) is 0 Å². The van der Waals surface area contributed by atoms with E-state index in [-0.39, 0.29) is 5.78 Å². The van der Waals surface area contributed by atoms with E-state index in [1.165, 1.54) is 5.56 Å². The second-order valence-corrected chi connectivity index (χ2v) is 6.38. The molecule has 0 saturated carbocycles. The Balaban J connectivity index is 1.85. The summed E-state index contributed by atoms with van der Waals surface area (Å²) in [6, 6.07) is 13.6. The van der Waals surface area contributed by atoms with Gasteiger partial charge in [0.05, 0.1) is 5.69 Å². The lowest BCUT2D eigenvalue weighted by Gasteiger charge is -2.29. The van der Waals surface area contributed by atoms with Crippen LogP contribution in [0.15, 0.2) is 47.5 Å². The molecule has 23 heavy (non-hydrogen) atoms. The summed E-state index contributed by atoms with van der Waals surface area (Å²) in [6.45, 7) is 4.55. The van der Waals surface area contributed by atoms with E-state index in [1.54, 1.807) is 0 Å². The number of aliphatic hydroxyl groups is 1. The standard InChI is InChI=1S/C19H18N2O2/c1-12-3-6-14(7-4-12)21-10-9-19(23)17(22)15-11-13(2)5-8-16(15)20-18(19)21/h3-8,11,23H,9-10H2,1-2H3/t19-/m1/s1. The Kier molecular flexibility index (Phi) is 2.93. The van der Waals surface area contributed by atoms with Crippen molar-refractivity contribution in [2.45, 2.75) is 25.9 Å². The number of rotatable bonds is 1. The number of aliphatic imine (C=N–C) groups is 1. The van der Waals surface area contributed by atoms with Crippen molar-refractivity contribution < 1.29 is 9.90 Å². The molecule has 4 rings (SSSR count). The van der Waals surface area contributed by atoms with Gasteiger partial charge in [0.15, 0.2) is 5.60 Å². The number of hydrogen-bond donors (Lipinski definition) is 1. The first-order chi connectivity index (χ1) is 11.0. The molecule has 116 valence electrons. The van der Waals surface area contributed by atoms with Gasteiger partial charge in [-0.15, -0.1) is 0 Å². The van der Waals surface area contributed by atoms with Gasteiger partial charge in [-0.05, 0) is 38.1 Å². The predicted molar refractivity (Wildman–Crippen MR) is 90.7 cm³/mol. The Morgan fingerprint density at radius 3 is 2.52 bits per heavy atom. The first kappa shape index (κ1) is 14.2. The van der Waals surface area contributed by atoms with Crippen LogP contribution in [0.4, 0.5) is 11.4 Å². The van der Waals surface area contributed by atoms with E-state index in [9.17, 15) is 9.90 Å². The molecule has 2 aromatic rings. The summed E-state index contributed by atoms with van der Waals surface area (Å²) in [4.78, 5) is 19.4. The van der Waals surface area contributed by atoms with Crippen LogP contribution in [-0.4, -0.2) is 28.9 Å². The van der Waals surface area contributed by atoms with E-state index in [1.807, 2.05) is 61.2 Å². The fourth-order valence-corrected chi connectivity index (χ4v) is 3.32. The van der Waals surface area contributed by atoms with Gasteiger partial charge in [0.2, 0.25) is 5.78 Å². The number of hydrogen-bond acceptors (Lipinski definition) is 4. The van der Waals surface area contributed by atoms with E-state index < -0.39 is 5.60 Å². The number of Topliss-reactive ketones (excluding diaryl/α,β-unsaturated/α-hetero) is 1. The van der Waals surface area contributed by atoms with Crippen molar-refractivity contribution in [1.82, 2.24) is 0 Å². The van der Waals surface area contributed by atoms with Crippen molar-refractivity contribution >= 4 is 23.0 Å². The fraction of sp³-hybridized carbons (Fsp3) is 0.263. The molecule has 2 aliphatic heterocycles. The lowest BCUT2D eigenvalue weighted by Crippen LogP contribution is -2.48. The Labute approximate surface area is 135 Å². The maximum atomic E-state index is 12.8. The van der Waals surface area contributed by atoms with E-state index in [0.717, 1.165) is 11.3 Å². The van der Waals surface area contributed by atoms with Crippen molar-refractivity contribution in [3.05, 3.63) is 59.2 Å². The van der Waals surface area contributed by atoms with E-state index in [0.29, 0.717) is 30.1 Å². The Morgan fingerprint density at radius 1 is 1.09 bits per heavy atom. The van der Waals surface area contributed by atoms with Crippen LogP contribution < -0.4 is 4.90 Å². The summed E-state index contributed by atoms with van der Waals surface area (Å²) in [6.07, 6.45) is 0.367. The van der Waals surface area contributed by atoms with Gasteiger partial charge >= 0.3 is 0 Å². The van der Waals surface area contributed by atoms with Crippen LogP contribution in [-0.2, 0) is 0 Å². The second-order valence-electron chi connectivity index (χ2n) is 6.38. The van der Waals surface area contributed by atoms with Gasteiger partial charge in [0.1, 0.15) is 5.84 Å². The molecule has 0 aromatic heterocycles. The summed E-state index contributed by atoms with van der Waals surface area (Å²) >= 11 is 0. The molecule has 4 nitrogen and oxygen atoms in total. The number of anilines is 1. The number of ketones is 1. The summed E-state index contributed by atoms with van der Waals surface area (Å²) in [5.74, 6) is 0.207. The number of amidine groups is 1. The summed E-state index contributed by atoms with van der Waals surface area (Å²) in [7, 11) is 0. The number of nitrogens with zero attached hydrogens (tertiary/aromatic N) is 2. The molecule has 2 aliphatic rings. The van der Waals surface area contributed by atoms with Crippen LogP contribution >= 0.6 is 0 Å². The number of carbonyl (C=O) groups excluding carboxylic acids is 1. The molecule has 0 spiro atoms. The second kappa shape index (κ2) is 4.77. The summed E-state index contributed by atoms with van der Waals surface area (Å²) in [5.41, 5.74) is 2.76. The molecule has 2 heterocycles. The maximum absolute atomic E-state index is 12.8. The van der Waals surface area contributed by atoms with Gasteiger partial charge in [0, 0.05) is 24.2 Å². The lowest BCUT2D eigenvalue weighted by molar-refractivity contribution is 0.0602. The minimum Gasteiger partial charge on any atom is -0.374 e. The first-order valence-corrected chi connectivity index (χ1v) is 7.80. The Bertz CT molecular complexity index is 839. The average molecular weight is 306 g/mol. The van der Waals surface area contributed by atoms with Gasteiger partial charge in [-0.2, -0.15) is 0 Å². The van der Waals surface area contributed by atoms with E-state index >= 15 is 0 Å². The average Bonchev–Trinajstić information content (AvgIpc) is 2.88. The maximum Gasteiger partial charge on any atom is 0.204 e. The molecule has 2 aromatic carbocycles. The molecule has 0 bridgehead atoms. The minimum atomic E-state index is -1.51. The fourth-order valence-electron chi connectivity index (χ4n) is 3.32. The SMILES string of the molecule is Cc1ccc(N2CC[C@@]3(O)C(=O)c4cc(C)ccc4N=C23)cc1. The first-order valence-electron chi connectivity index (χ1n) is 7.80. The number of fused-ring (bicyclic) bond motifs is 2. The highest BCUT2D eigenvalue weighted by Crippen LogP contribution is 2.39. The van der Waals surface area contributed by atoms with Gasteiger partial charge in [-0.25, -0.2) is 4.99 Å². The number of benzene rings is 2. The molecular formula is C19H18N2O2. The molecule has 4 heteroatoms. The van der Waals surface area contributed by atoms with Crippen LogP contribution in [0, 0.1) is 13.8 Å². The van der Waals surface area contributed by atoms with Crippen molar-refractivity contribution in [2.24, 2.45) is 4.99 Å². The largest absolute Gasteiger partial charge is 0.374 e. The highest BCUT2D eigenvalue weighted by Gasteiger charge is 2.52. The zero-order valence-corrected chi connectivity index (χ0v) is 13.2. The Hall–Kier alpha value is -2.46. The number of aryl methyl sites for hydroxylation is 2. The zero-order valence-electron chi connectivity index (χ0n) is 13.2. The predicted octanol–water partition coefficient (Wildman–Crippen LogP) is 3.17. The highest BCUT2D eigenvalue weighted by atomic mass is 16.3. The molecule has 0 radical (unpaired) electrons. The van der Waals surface area contributed by atoms with Gasteiger partial charge in [0.25, 0.3) is 0 Å². The molecule has 1 atom stereocenters. The van der Waals surface area contributed by atoms with Crippen molar-refractivity contribution in [2.75, 3.05) is 11.4 Å². The normalized spacial score (nSPS) is 22.7. The zero-order chi connectivity index (χ0) is 16.2. The lowest BCUT2D eigenvalue weighted by atomic mass is 9.87. The van der Waals surface area contributed by atoms with Crippen LogP contribution in [0.1, 0.15) is 27.9 Å². The van der Waals surface area contributed by atoms with Gasteiger partial charge < -0.3 is 10.0 Å². The van der Waals surface area contributed by atoms with E-state index in [4.69, 9.17) is 0 Å². The topological polar surface area (TPSA) is 52.9 Å². The molecule has 0 unspecified atom stereocenters. The van der Waals surface area contributed by atoms with Crippen molar-refractivity contribution in [3.8, 4) is 0 Å². The van der Waals surface area contributed by atoms with Gasteiger partial charge in [-0.1, -0.05) is 29.3 Å². The van der Waals surface area contributed by atoms with Gasteiger partial charge in [-0.3, -0.25) is 4.79 Å². The number of carbonyl (C=O) groups is 1. The summed E-state index contributed by atoms with van der Waals surface area (Å²) in [5, 5.41) is 11.0. The van der Waals surface area contributed by atoms with E-state index in [2.05, 4.69) is 4.99 Å². The molecule has 1 saturated heterocycles.